The average molecular weight is 326 g/mol. The van der Waals surface area contributed by atoms with Crippen LogP contribution >= 0.6 is 0 Å². The van der Waals surface area contributed by atoms with Gasteiger partial charge in [-0.05, 0) is 42.7 Å². The van der Waals surface area contributed by atoms with Crippen LogP contribution < -0.4 is 0 Å². The van der Waals surface area contributed by atoms with Crippen molar-refractivity contribution in [2.45, 2.75) is 58.5 Å². The van der Waals surface area contributed by atoms with Gasteiger partial charge >= 0.3 is 0 Å². The van der Waals surface area contributed by atoms with Gasteiger partial charge in [-0.15, -0.1) is 0 Å². The Kier molecular flexibility index (Phi) is 6.70. The maximum atomic E-state index is 14.1. The second kappa shape index (κ2) is 8.53. The van der Waals surface area contributed by atoms with Crippen LogP contribution in [-0.4, -0.2) is 12.7 Å². The molecule has 23 heavy (non-hydrogen) atoms. The van der Waals surface area contributed by atoms with Crippen LogP contribution in [0.5, 0.6) is 0 Å². The van der Waals surface area contributed by atoms with Crippen LogP contribution in [0.2, 0.25) is 0 Å². The number of benzene rings is 1. The number of hydrogen-bond donors (Lipinski definition) is 0. The monoisotopic (exact) mass is 326 g/mol. The Labute approximate surface area is 136 Å². The van der Waals surface area contributed by atoms with Crippen LogP contribution in [0, 0.1) is 11.7 Å². The van der Waals surface area contributed by atoms with E-state index >= 15 is 0 Å². The quantitative estimate of drug-likeness (QED) is 0.629. The summed E-state index contributed by atoms with van der Waals surface area (Å²) in [5.74, 6) is -0.181. The third kappa shape index (κ3) is 4.60. The van der Waals surface area contributed by atoms with Crippen LogP contribution in [0.15, 0.2) is 18.2 Å². The first-order valence-corrected chi connectivity index (χ1v) is 8.46. The van der Waals surface area contributed by atoms with E-state index in [1.165, 1.54) is 0 Å². The molecule has 0 saturated carbocycles. The second-order valence-electron chi connectivity index (χ2n) is 6.16. The lowest BCUT2D eigenvalue weighted by atomic mass is 9.94. The molecule has 1 fully saturated rings. The smallest absolute Gasteiger partial charge is 0.267 e. The standard InChI is InChI=1S/C19H25F3O/c1-3-5-13-6-10-16(23-12-13)11-9-15-8-7-14(4-2)18(20)17(15)19(21)22/h7-9,11,13,16,19H,3-6,10,12H2,1-2H3/b11-9+. The molecule has 1 aliphatic rings. The van der Waals surface area contributed by atoms with Crippen LogP contribution in [0.25, 0.3) is 6.08 Å². The van der Waals surface area contributed by atoms with Gasteiger partial charge in [0.05, 0.1) is 18.3 Å². The maximum absolute atomic E-state index is 14.1. The van der Waals surface area contributed by atoms with Crippen LogP contribution in [0.1, 0.15) is 62.6 Å². The zero-order valence-electron chi connectivity index (χ0n) is 13.8. The van der Waals surface area contributed by atoms with E-state index in [1.54, 1.807) is 31.2 Å². The minimum atomic E-state index is -2.82. The van der Waals surface area contributed by atoms with Crippen molar-refractivity contribution in [2.24, 2.45) is 5.92 Å². The van der Waals surface area contributed by atoms with E-state index < -0.39 is 17.8 Å². The molecule has 0 aliphatic carbocycles. The number of hydrogen-bond acceptors (Lipinski definition) is 1. The predicted octanol–water partition coefficient (Wildman–Crippen LogP) is 5.93. The molecule has 0 spiro atoms. The van der Waals surface area contributed by atoms with Gasteiger partial charge in [-0.25, -0.2) is 13.2 Å². The summed E-state index contributed by atoms with van der Waals surface area (Å²) in [5, 5.41) is 0. The van der Waals surface area contributed by atoms with Crippen LogP contribution in [0.4, 0.5) is 13.2 Å². The van der Waals surface area contributed by atoms with Crippen LogP contribution in [-0.2, 0) is 11.2 Å². The molecule has 1 aromatic carbocycles. The Morgan fingerprint density at radius 3 is 2.61 bits per heavy atom. The van der Waals surface area contributed by atoms with Gasteiger partial charge in [-0.2, -0.15) is 0 Å². The molecular formula is C19H25F3O. The highest BCUT2D eigenvalue weighted by Gasteiger charge is 2.21. The van der Waals surface area contributed by atoms with E-state index in [2.05, 4.69) is 6.92 Å². The van der Waals surface area contributed by atoms with E-state index in [9.17, 15) is 13.2 Å². The molecule has 0 N–H and O–H groups in total. The third-order valence-electron chi connectivity index (χ3n) is 4.49. The molecule has 1 heterocycles. The van der Waals surface area contributed by atoms with E-state index in [-0.39, 0.29) is 11.7 Å². The highest BCUT2D eigenvalue weighted by molar-refractivity contribution is 5.56. The van der Waals surface area contributed by atoms with Crippen molar-refractivity contribution in [1.82, 2.24) is 0 Å². The number of alkyl halides is 2. The third-order valence-corrected chi connectivity index (χ3v) is 4.49. The fraction of sp³-hybridized carbons (Fsp3) is 0.579. The summed E-state index contributed by atoms with van der Waals surface area (Å²) in [4.78, 5) is 0. The molecule has 2 unspecified atom stereocenters. The lowest BCUT2D eigenvalue weighted by molar-refractivity contribution is 0.00877. The molecule has 1 aliphatic heterocycles. The lowest BCUT2D eigenvalue weighted by Crippen LogP contribution is -2.24. The number of halogens is 3. The van der Waals surface area contributed by atoms with E-state index in [4.69, 9.17) is 4.74 Å². The van der Waals surface area contributed by atoms with Crippen molar-refractivity contribution in [2.75, 3.05) is 6.61 Å². The fourth-order valence-corrected chi connectivity index (χ4v) is 3.12. The topological polar surface area (TPSA) is 9.23 Å². The minimum absolute atomic E-state index is 0.0671. The summed E-state index contributed by atoms with van der Waals surface area (Å²) in [6.07, 6.45) is 5.17. The Bertz CT molecular complexity index is 532. The predicted molar refractivity (Wildman–Crippen MR) is 87.1 cm³/mol. The van der Waals surface area contributed by atoms with E-state index in [1.807, 2.05) is 0 Å². The summed E-state index contributed by atoms with van der Waals surface area (Å²) in [5.41, 5.74) is 0.0722. The first-order valence-electron chi connectivity index (χ1n) is 8.46. The van der Waals surface area contributed by atoms with Gasteiger partial charge in [0.2, 0.25) is 0 Å². The highest BCUT2D eigenvalue weighted by atomic mass is 19.3. The van der Waals surface area contributed by atoms with Crippen molar-refractivity contribution in [1.29, 1.82) is 0 Å². The lowest BCUT2D eigenvalue weighted by Gasteiger charge is -2.27. The molecule has 1 aromatic rings. The number of aryl methyl sites for hydroxylation is 1. The molecule has 2 rings (SSSR count). The molecular weight excluding hydrogens is 301 g/mol. The van der Waals surface area contributed by atoms with Gasteiger partial charge in [0.15, 0.2) is 0 Å². The number of ether oxygens (including phenoxy) is 1. The largest absolute Gasteiger partial charge is 0.374 e. The molecule has 128 valence electrons. The number of rotatable bonds is 6. The van der Waals surface area contributed by atoms with Crippen molar-refractivity contribution < 1.29 is 17.9 Å². The molecule has 1 saturated heterocycles. The van der Waals surface area contributed by atoms with Gasteiger partial charge in [-0.3, -0.25) is 0 Å². The van der Waals surface area contributed by atoms with Crippen molar-refractivity contribution in [3.63, 3.8) is 0 Å². The second-order valence-corrected chi connectivity index (χ2v) is 6.16. The molecule has 4 heteroatoms. The van der Waals surface area contributed by atoms with Gasteiger partial charge < -0.3 is 4.74 Å². The van der Waals surface area contributed by atoms with Crippen molar-refractivity contribution in [3.8, 4) is 0 Å². The van der Waals surface area contributed by atoms with Crippen molar-refractivity contribution >= 4 is 6.08 Å². The summed E-state index contributed by atoms with van der Waals surface area (Å²) in [6, 6.07) is 3.16. The fourth-order valence-electron chi connectivity index (χ4n) is 3.12. The Balaban J connectivity index is 2.09. The van der Waals surface area contributed by atoms with Gasteiger partial charge in [0, 0.05) is 0 Å². The zero-order valence-corrected chi connectivity index (χ0v) is 13.8. The first kappa shape index (κ1) is 18.1. The Morgan fingerprint density at radius 1 is 1.26 bits per heavy atom. The molecule has 0 amide bonds. The zero-order chi connectivity index (χ0) is 16.8. The van der Waals surface area contributed by atoms with E-state index in [0.29, 0.717) is 24.5 Å². The summed E-state index contributed by atoms with van der Waals surface area (Å²) >= 11 is 0. The summed E-state index contributed by atoms with van der Waals surface area (Å²) < 4.78 is 46.3. The van der Waals surface area contributed by atoms with Gasteiger partial charge in [-0.1, -0.05) is 44.6 Å². The van der Waals surface area contributed by atoms with Gasteiger partial charge in [0.25, 0.3) is 6.43 Å². The SMILES string of the molecule is CCCC1CCC(/C=C/c2ccc(CC)c(F)c2C(F)F)OC1. The Morgan fingerprint density at radius 2 is 2.04 bits per heavy atom. The average Bonchev–Trinajstić information content (AvgIpc) is 2.54. The molecule has 0 aromatic heterocycles. The van der Waals surface area contributed by atoms with Crippen molar-refractivity contribution in [3.05, 3.63) is 40.7 Å². The first-order chi connectivity index (χ1) is 11.1. The molecule has 2 atom stereocenters. The van der Waals surface area contributed by atoms with Gasteiger partial charge in [0.1, 0.15) is 5.82 Å². The van der Waals surface area contributed by atoms with Crippen LogP contribution in [0.3, 0.4) is 0 Å². The maximum Gasteiger partial charge on any atom is 0.267 e. The highest BCUT2D eigenvalue weighted by Crippen LogP contribution is 2.30. The summed E-state index contributed by atoms with van der Waals surface area (Å²) in [6.45, 7) is 4.63. The normalized spacial score (nSPS) is 22.2. The van der Waals surface area contributed by atoms with E-state index in [0.717, 1.165) is 25.7 Å². The molecule has 1 nitrogen and oxygen atoms in total. The minimum Gasteiger partial charge on any atom is -0.374 e. The molecule has 0 radical (unpaired) electrons. The molecule has 0 bridgehead atoms. The Hall–Kier alpha value is -1.29. The summed E-state index contributed by atoms with van der Waals surface area (Å²) in [7, 11) is 0.